The van der Waals surface area contributed by atoms with Crippen molar-refractivity contribution in [2.75, 3.05) is 0 Å². The van der Waals surface area contributed by atoms with Crippen LogP contribution >= 0.6 is 15.9 Å². The van der Waals surface area contributed by atoms with Gasteiger partial charge in [-0.25, -0.2) is 0 Å². The zero-order chi connectivity index (χ0) is 11.6. The number of benzene rings is 1. The Balaban J connectivity index is 3.22. The summed E-state index contributed by atoms with van der Waals surface area (Å²) in [5, 5.41) is 0. The van der Waals surface area contributed by atoms with Crippen LogP contribution in [0.2, 0.25) is 0 Å². The molecule has 0 bridgehead atoms. The van der Waals surface area contributed by atoms with Gasteiger partial charge in [0.1, 0.15) is 0 Å². The molecule has 0 N–H and O–H groups in total. The van der Waals surface area contributed by atoms with Crippen LogP contribution in [-0.4, -0.2) is 0 Å². The fourth-order valence-corrected chi connectivity index (χ4v) is 1.60. The average molecular weight is 278 g/mol. The molecule has 0 aromatic heterocycles. The minimum Gasteiger partial charge on any atom is -0.166 e. The number of hydrogen-bond acceptors (Lipinski definition) is 0. The summed E-state index contributed by atoms with van der Waals surface area (Å²) in [5.74, 6) is -0.334. The van der Waals surface area contributed by atoms with Gasteiger partial charge in [0.15, 0.2) is 0 Å². The van der Waals surface area contributed by atoms with Crippen molar-refractivity contribution >= 4 is 15.9 Å². The summed E-state index contributed by atoms with van der Waals surface area (Å²) in [6.07, 6.45) is -2.85. The quantitative estimate of drug-likeness (QED) is 0.695. The topological polar surface area (TPSA) is 0 Å². The lowest BCUT2D eigenvalue weighted by Gasteiger charge is -2.13. The molecule has 81 valence electrons. The summed E-state index contributed by atoms with van der Waals surface area (Å²) < 4.78 is 37.6. The molecule has 0 fully saturated rings. The maximum atomic E-state index is 12.5. The molecule has 1 aromatic carbocycles. The van der Waals surface area contributed by atoms with Crippen LogP contribution in [0.25, 0.3) is 0 Å². The van der Waals surface area contributed by atoms with E-state index in [1.807, 2.05) is 0 Å². The summed E-state index contributed by atoms with van der Waals surface area (Å²) >= 11 is 2.87. The van der Waals surface area contributed by atoms with Gasteiger partial charge in [0, 0.05) is 10.4 Å². The van der Waals surface area contributed by atoms with Crippen LogP contribution in [0.15, 0.2) is 35.3 Å². The molecular weight excluding hydrogens is 269 g/mol. The van der Waals surface area contributed by atoms with Gasteiger partial charge in [0.2, 0.25) is 0 Å². The monoisotopic (exact) mass is 277 g/mol. The van der Waals surface area contributed by atoms with Gasteiger partial charge in [-0.05, 0) is 24.6 Å². The zero-order valence-electron chi connectivity index (χ0n) is 7.81. The lowest BCUT2D eigenvalue weighted by atomic mass is 9.99. The molecule has 0 saturated heterocycles. The Bertz CT molecular complexity index is 369. The summed E-state index contributed by atoms with van der Waals surface area (Å²) in [4.78, 5) is 0. The molecule has 0 heterocycles. The first-order valence-electron chi connectivity index (χ1n) is 4.18. The van der Waals surface area contributed by atoms with Crippen LogP contribution in [-0.2, 0) is 6.18 Å². The molecule has 1 radical (unpaired) electrons. The van der Waals surface area contributed by atoms with Crippen molar-refractivity contribution in [1.82, 2.24) is 0 Å². The van der Waals surface area contributed by atoms with E-state index in [-0.39, 0.29) is 10.4 Å². The molecule has 0 amide bonds. The van der Waals surface area contributed by atoms with E-state index in [2.05, 4.69) is 29.4 Å². The molecule has 0 saturated carbocycles. The van der Waals surface area contributed by atoms with Crippen LogP contribution < -0.4 is 0 Å². The molecule has 4 heteroatoms. The third-order valence-corrected chi connectivity index (χ3v) is 2.70. The minimum atomic E-state index is -4.35. The van der Waals surface area contributed by atoms with Crippen LogP contribution in [0.5, 0.6) is 0 Å². The maximum absolute atomic E-state index is 12.5. The predicted molar refractivity (Wildman–Crippen MR) is 57.4 cm³/mol. The van der Waals surface area contributed by atoms with Crippen LogP contribution in [0.1, 0.15) is 17.0 Å². The van der Waals surface area contributed by atoms with Gasteiger partial charge >= 0.3 is 6.18 Å². The number of hydrogen-bond donors (Lipinski definition) is 0. The smallest absolute Gasteiger partial charge is 0.166 e. The van der Waals surface area contributed by atoms with Crippen LogP contribution in [0.3, 0.4) is 0 Å². The van der Waals surface area contributed by atoms with Crippen molar-refractivity contribution in [3.8, 4) is 0 Å². The molecule has 0 aliphatic heterocycles. The lowest BCUT2D eigenvalue weighted by molar-refractivity contribution is -0.138. The number of alkyl halides is 3. The Kier molecular flexibility index (Phi) is 3.60. The Hall–Kier alpha value is -0.770. The Labute approximate surface area is 94.9 Å². The predicted octanol–water partition coefficient (Wildman–Crippen LogP) is 4.57. The summed E-state index contributed by atoms with van der Waals surface area (Å²) in [7, 11) is 0. The van der Waals surface area contributed by atoms with Gasteiger partial charge < -0.3 is 0 Å². The summed E-state index contributed by atoms with van der Waals surface area (Å²) in [5.41, 5.74) is -0.184. The van der Waals surface area contributed by atoms with E-state index in [9.17, 15) is 13.2 Å². The first-order valence-corrected chi connectivity index (χ1v) is 4.98. The SMILES string of the molecule is [CH2]C(C=C)c1ccc(Br)c(C(F)(F)F)c1. The standard InChI is InChI=1S/C11H9BrF3/c1-3-7(2)8-4-5-10(12)9(6-8)11(13,14)15/h3-7H,1-2H2. The van der Waals surface area contributed by atoms with Gasteiger partial charge in [0.05, 0.1) is 5.56 Å². The first kappa shape index (κ1) is 12.3. The number of allylic oxidation sites excluding steroid dienone is 1. The van der Waals surface area contributed by atoms with Gasteiger partial charge in [-0.2, -0.15) is 13.2 Å². The molecule has 15 heavy (non-hydrogen) atoms. The highest BCUT2D eigenvalue weighted by atomic mass is 79.9. The van der Waals surface area contributed by atoms with Crippen molar-refractivity contribution in [3.05, 3.63) is 53.4 Å². The second-order valence-corrected chi connectivity index (χ2v) is 3.93. The highest BCUT2D eigenvalue weighted by Gasteiger charge is 2.33. The normalized spacial score (nSPS) is 13.7. The Morgan fingerprint density at radius 3 is 2.40 bits per heavy atom. The van der Waals surface area contributed by atoms with E-state index in [4.69, 9.17) is 0 Å². The number of rotatable bonds is 2. The Morgan fingerprint density at radius 2 is 1.93 bits per heavy atom. The second-order valence-electron chi connectivity index (χ2n) is 3.08. The van der Waals surface area contributed by atoms with Crippen LogP contribution in [0.4, 0.5) is 13.2 Å². The van der Waals surface area contributed by atoms with Crippen molar-refractivity contribution in [2.45, 2.75) is 12.1 Å². The van der Waals surface area contributed by atoms with Crippen molar-refractivity contribution in [2.24, 2.45) is 0 Å². The Morgan fingerprint density at radius 1 is 1.33 bits per heavy atom. The largest absolute Gasteiger partial charge is 0.417 e. The second kappa shape index (κ2) is 4.39. The molecule has 1 aromatic rings. The van der Waals surface area contributed by atoms with Gasteiger partial charge in [0.25, 0.3) is 0 Å². The first-order chi connectivity index (χ1) is 6.86. The molecular formula is C11H9BrF3. The molecule has 0 aliphatic carbocycles. The molecule has 0 nitrogen and oxygen atoms in total. The van der Waals surface area contributed by atoms with Gasteiger partial charge in [-0.1, -0.05) is 28.1 Å². The summed E-state index contributed by atoms with van der Waals surface area (Å²) in [6.45, 7) is 7.17. The molecule has 0 aliphatic rings. The molecule has 1 rings (SSSR count). The van der Waals surface area contributed by atoms with E-state index in [0.29, 0.717) is 5.56 Å². The molecule has 0 spiro atoms. The van der Waals surface area contributed by atoms with E-state index in [0.717, 1.165) is 6.07 Å². The maximum Gasteiger partial charge on any atom is 0.417 e. The average Bonchev–Trinajstić information content (AvgIpc) is 2.15. The number of halogens is 4. The van der Waals surface area contributed by atoms with Crippen molar-refractivity contribution < 1.29 is 13.2 Å². The highest BCUT2D eigenvalue weighted by molar-refractivity contribution is 9.10. The molecule has 1 unspecified atom stereocenters. The minimum absolute atomic E-state index is 0.0370. The fourth-order valence-electron chi connectivity index (χ4n) is 1.13. The molecule has 1 atom stereocenters. The lowest BCUT2D eigenvalue weighted by Crippen LogP contribution is -2.07. The zero-order valence-corrected chi connectivity index (χ0v) is 9.40. The van der Waals surface area contributed by atoms with Gasteiger partial charge in [-0.15, -0.1) is 6.58 Å². The van der Waals surface area contributed by atoms with E-state index in [1.165, 1.54) is 12.1 Å². The van der Waals surface area contributed by atoms with Gasteiger partial charge in [-0.3, -0.25) is 0 Å². The van der Waals surface area contributed by atoms with E-state index in [1.54, 1.807) is 6.07 Å². The third-order valence-electron chi connectivity index (χ3n) is 2.01. The van der Waals surface area contributed by atoms with Crippen LogP contribution in [0, 0.1) is 6.92 Å². The van der Waals surface area contributed by atoms with E-state index >= 15 is 0 Å². The third kappa shape index (κ3) is 2.84. The van der Waals surface area contributed by atoms with Crippen molar-refractivity contribution in [1.29, 1.82) is 0 Å². The van der Waals surface area contributed by atoms with E-state index < -0.39 is 11.7 Å². The summed E-state index contributed by atoms with van der Waals surface area (Å²) in [6, 6.07) is 4.06. The highest BCUT2D eigenvalue weighted by Crippen LogP contribution is 2.36. The fraction of sp³-hybridized carbons (Fsp3) is 0.182. The van der Waals surface area contributed by atoms with Crippen molar-refractivity contribution in [3.63, 3.8) is 0 Å².